The number of hydrogen-bond acceptors (Lipinski definition) is 5. The zero-order chi connectivity index (χ0) is 22.0. The van der Waals surface area contributed by atoms with E-state index in [0.717, 1.165) is 47.2 Å². The molecule has 0 bridgehead atoms. The van der Waals surface area contributed by atoms with Gasteiger partial charge in [0.1, 0.15) is 5.82 Å². The van der Waals surface area contributed by atoms with Gasteiger partial charge in [-0.25, -0.2) is 13.7 Å². The Hall–Kier alpha value is -2.15. The summed E-state index contributed by atoms with van der Waals surface area (Å²) in [5.41, 5.74) is 4.38. The molecule has 3 aromatic rings. The Morgan fingerprint density at radius 2 is 1.84 bits per heavy atom. The molecule has 0 atom stereocenters. The summed E-state index contributed by atoms with van der Waals surface area (Å²) >= 11 is 3.41. The average molecular weight is 454 g/mol. The molecule has 1 aliphatic heterocycles. The van der Waals surface area contributed by atoms with Gasteiger partial charge in [0.25, 0.3) is 0 Å². The van der Waals surface area contributed by atoms with E-state index in [9.17, 15) is 4.39 Å². The van der Waals surface area contributed by atoms with Crippen molar-refractivity contribution in [3.8, 4) is 0 Å². The third-order valence-electron chi connectivity index (χ3n) is 5.63. The molecule has 0 spiro atoms. The predicted octanol–water partition coefficient (Wildman–Crippen LogP) is 6.85. The SMILES string of the molecule is C=C(c1sc(NC2CCN(Sc3ccc(C)cc3)CC2)nc1C)c1c(C)cccc1F. The first-order valence-corrected chi connectivity index (χ1v) is 12.2. The van der Waals surface area contributed by atoms with Crippen LogP contribution in [0.3, 0.4) is 0 Å². The third-order valence-corrected chi connectivity index (χ3v) is 7.89. The van der Waals surface area contributed by atoms with Gasteiger partial charge in [0.05, 0.1) is 10.6 Å². The second-order valence-corrected chi connectivity index (χ2v) is 10.3. The Balaban J connectivity index is 1.37. The van der Waals surface area contributed by atoms with E-state index in [4.69, 9.17) is 4.98 Å². The first-order chi connectivity index (χ1) is 14.9. The number of aromatic nitrogens is 1. The molecular weight excluding hydrogens is 425 g/mol. The minimum absolute atomic E-state index is 0.231. The number of anilines is 1. The fourth-order valence-corrected chi connectivity index (χ4v) is 5.85. The third kappa shape index (κ3) is 5.20. The molecule has 6 heteroatoms. The molecule has 0 unspecified atom stereocenters. The minimum atomic E-state index is -0.231. The van der Waals surface area contributed by atoms with E-state index in [0.29, 0.717) is 17.2 Å². The molecule has 0 aliphatic carbocycles. The van der Waals surface area contributed by atoms with Crippen molar-refractivity contribution < 1.29 is 4.39 Å². The molecular formula is C25H28FN3S2. The Labute approximate surface area is 192 Å². The van der Waals surface area contributed by atoms with Crippen LogP contribution in [0.5, 0.6) is 0 Å². The molecule has 1 fully saturated rings. The van der Waals surface area contributed by atoms with Crippen LogP contribution in [-0.2, 0) is 0 Å². The zero-order valence-electron chi connectivity index (χ0n) is 18.2. The molecule has 31 heavy (non-hydrogen) atoms. The standard InChI is InChI=1S/C25H28FN3S2/c1-16-8-10-21(11-9-16)31-29-14-12-20(13-15-29)28-25-27-19(4)24(30-25)18(3)23-17(2)6-5-7-22(23)26/h5-11,20H,3,12-15H2,1-2,4H3,(H,27,28). The lowest BCUT2D eigenvalue weighted by Crippen LogP contribution is -2.35. The Bertz CT molecular complexity index is 1050. The molecule has 1 aromatic heterocycles. The molecule has 4 rings (SSSR count). The van der Waals surface area contributed by atoms with Crippen molar-refractivity contribution in [1.82, 2.24) is 9.29 Å². The summed E-state index contributed by atoms with van der Waals surface area (Å²) in [6, 6.07) is 14.2. The van der Waals surface area contributed by atoms with Gasteiger partial charge in [-0.05, 0) is 74.9 Å². The average Bonchev–Trinajstić information content (AvgIpc) is 3.11. The van der Waals surface area contributed by atoms with Crippen LogP contribution in [-0.4, -0.2) is 28.4 Å². The first kappa shape index (κ1) is 22.1. The quantitative estimate of drug-likeness (QED) is 0.413. The van der Waals surface area contributed by atoms with Gasteiger partial charge in [-0.15, -0.1) is 0 Å². The van der Waals surface area contributed by atoms with Gasteiger partial charge in [-0.3, -0.25) is 0 Å². The minimum Gasteiger partial charge on any atom is -0.359 e. The normalized spacial score (nSPS) is 15.2. The van der Waals surface area contributed by atoms with Gasteiger partial charge in [-0.2, -0.15) is 0 Å². The van der Waals surface area contributed by atoms with Gasteiger partial charge in [0.2, 0.25) is 0 Å². The molecule has 0 saturated carbocycles. The summed E-state index contributed by atoms with van der Waals surface area (Å²) in [4.78, 5) is 6.95. The first-order valence-electron chi connectivity index (χ1n) is 10.6. The van der Waals surface area contributed by atoms with Crippen LogP contribution in [0, 0.1) is 26.6 Å². The molecule has 0 radical (unpaired) electrons. The number of piperidine rings is 1. The van der Waals surface area contributed by atoms with Gasteiger partial charge in [0, 0.05) is 29.6 Å². The number of aryl methyl sites for hydroxylation is 3. The smallest absolute Gasteiger partial charge is 0.183 e. The van der Waals surface area contributed by atoms with E-state index in [1.165, 1.54) is 16.5 Å². The van der Waals surface area contributed by atoms with Gasteiger partial charge in [-0.1, -0.05) is 47.7 Å². The van der Waals surface area contributed by atoms with Crippen LogP contribution in [0.2, 0.25) is 0 Å². The van der Waals surface area contributed by atoms with Crippen molar-refractivity contribution >= 4 is 34.0 Å². The molecule has 0 amide bonds. The topological polar surface area (TPSA) is 28.2 Å². The molecule has 1 aliphatic rings. The maximum absolute atomic E-state index is 14.4. The van der Waals surface area contributed by atoms with Crippen LogP contribution in [0.25, 0.3) is 5.57 Å². The lowest BCUT2D eigenvalue weighted by molar-refractivity contribution is 0.358. The van der Waals surface area contributed by atoms with Crippen LogP contribution in [0.1, 0.15) is 40.1 Å². The molecule has 3 nitrogen and oxygen atoms in total. The molecule has 162 valence electrons. The van der Waals surface area contributed by atoms with Gasteiger partial charge in [0.15, 0.2) is 5.13 Å². The van der Waals surface area contributed by atoms with Crippen molar-refractivity contribution in [2.24, 2.45) is 0 Å². The maximum atomic E-state index is 14.4. The van der Waals surface area contributed by atoms with E-state index in [1.807, 2.05) is 31.9 Å². The highest BCUT2D eigenvalue weighted by Gasteiger charge is 2.22. The lowest BCUT2D eigenvalue weighted by Gasteiger charge is -2.31. The lowest BCUT2D eigenvalue weighted by atomic mass is 9.99. The summed E-state index contributed by atoms with van der Waals surface area (Å²) in [5.74, 6) is -0.231. The summed E-state index contributed by atoms with van der Waals surface area (Å²) in [6.07, 6.45) is 2.14. The highest BCUT2D eigenvalue weighted by molar-refractivity contribution is 7.97. The van der Waals surface area contributed by atoms with Gasteiger partial charge < -0.3 is 5.32 Å². The van der Waals surface area contributed by atoms with Crippen LogP contribution in [0.15, 0.2) is 53.9 Å². The summed E-state index contributed by atoms with van der Waals surface area (Å²) in [6.45, 7) is 12.3. The van der Waals surface area contributed by atoms with Crippen LogP contribution < -0.4 is 5.32 Å². The Kier molecular flexibility index (Phi) is 6.80. The summed E-state index contributed by atoms with van der Waals surface area (Å²) < 4.78 is 16.8. The van der Waals surface area contributed by atoms with Gasteiger partial charge >= 0.3 is 0 Å². The highest BCUT2D eigenvalue weighted by atomic mass is 32.2. The number of thiazole rings is 1. The number of nitrogens with zero attached hydrogens (tertiary/aromatic N) is 2. The molecule has 1 N–H and O–H groups in total. The summed E-state index contributed by atoms with van der Waals surface area (Å²) in [5, 5.41) is 4.50. The van der Waals surface area contributed by atoms with E-state index < -0.39 is 0 Å². The molecule has 2 heterocycles. The largest absolute Gasteiger partial charge is 0.359 e. The fraction of sp³-hybridized carbons (Fsp3) is 0.320. The van der Waals surface area contributed by atoms with Crippen LogP contribution >= 0.6 is 23.3 Å². The van der Waals surface area contributed by atoms with Crippen molar-refractivity contribution in [3.05, 3.63) is 82.1 Å². The van der Waals surface area contributed by atoms with Crippen molar-refractivity contribution in [2.75, 3.05) is 18.4 Å². The Morgan fingerprint density at radius 3 is 2.52 bits per heavy atom. The fourth-order valence-electron chi connectivity index (χ4n) is 3.88. The highest BCUT2D eigenvalue weighted by Crippen LogP contribution is 2.35. The van der Waals surface area contributed by atoms with Crippen LogP contribution in [0.4, 0.5) is 9.52 Å². The molecule has 1 saturated heterocycles. The van der Waals surface area contributed by atoms with Crippen molar-refractivity contribution in [2.45, 2.75) is 44.6 Å². The van der Waals surface area contributed by atoms with E-state index in [-0.39, 0.29) is 5.82 Å². The van der Waals surface area contributed by atoms with Crippen molar-refractivity contribution in [1.29, 1.82) is 0 Å². The number of benzene rings is 2. The Morgan fingerprint density at radius 1 is 1.13 bits per heavy atom. The van der Waals surface area contributed by atoms with E-state index in [2.05, 4.69) is 47.4 Å². The number of rotatable bonds is 6. The number of hydrogen-bond donors (Lipinski definition) is 1. The summed E-state index contributed by atoms with van der Waals surface area (Å²) in [7, 11) is 0. The van der Waals surface area contributed by atoms with E-state index in [1.54, 1.807) is 17.4 Å². The van der Waals surface area contributed by atoms with Crippen molar-refractivity contribution in [3.63, 3.8) is 0 Å². The maximum Gasteiger partial charge on any atom is 0.183 e. The second kappa shape index (κ2) is 9.55. The molecule has 2 aromatic carbocycles. The monoisotopic (exact) mass is 453 g/mol. The predicted molar refractivity (Wildman–Crippen MR) is 131 cm³/mol. The number of halogens is 1. The zero-order valence-corrected chi connectivity index (χ0v) is 19.9. The second-order valence-electron chi connectivity index (χ2n) is 8.10. The van der Waals surface area contributed by atoms with E-state index >= 15 is 0 Å². The number of nitrogens with one attached hydrogen (secondary N) is 1.